The van der Waals surface area contributed by atoms with Gasteiger partial charge in [-0.25, -0.2) is 4.79 Å². The van der Waals surface area contributed by atoms with Crippen LogP contribution < -0.4 is 5.32 Å². The molecular weight excluding hydrogens is 244 g/mol. The number of carboxylic acids is 1. The molecule has 0 aromatic heterocycles. The van der Waals surface area contributed by atoms with Crippen molar-refractivity contribution in [3.8, 4) is 6.07 Å². The predicted octanol–water partition coefficient (Wildman–Crippen LogP) is 0.239. The molecule has 0 saturated carbocycles. The maximum atomic E-state index is 11.3. The van der Waals surface area contributed by atoms with Gasteiger partial charge in [0.05, 0.1) is 17.6 Å². The zero-order valence-electron chi connectivity index (χ0n) is 9.64. The normalized spacial score (nSPS) is 11.5. The van der Waals surface area contributed by atoms with Gasteiger partial charge < -0.3 is 15.2 Å². The van der Waals surface area contributed by atoms with Crippen LogP contribution in [0.1, 0.15) is 12.8 Å². The Kier molecular flexibility index (Phi) is 9.19. The van der Waals surface area contributed by atoms with Crippen LogP contribution >= 0.6 is 11.8 Å². The van der Waals surface area contributed by atoms with Crippen LogP contribution in [0.3, 0.4) is 0 Å². The summed E-state index contributed by atoms with van der Waals surface area (Å²) in [6.07, 6.45) is 0.900. The molecule has 0 aliphatic carbocycles. The summed E-state index contributed by atoms with van der Waals surface area (Å²) in [5, 5.41) is 19.6. The third-order valence-corrected chi connectivity index (χ3v) is 2.67. The van der Waals surface area contributed by atoms with Crippen molar-refractivity contribution in [1.29, 1.82) is 5.26 Å². The molecule has 1 unspecified atom stereocenters. The molecule has 0 aliphatic rings. The van der Waals surface area contributed by atoms with Gasteiger partial charge in [-0.3, -0.25) is 4.79 Å². The van der Waals surface area contributed by atoms with Crippen molar-refractivity contribution in [1.82, 2.24) is 5.32 Å². The fraction of sp³-hybridized carbons (Fsp3) is 0.700. The van der Waals surface area contributed by atoms with Gasteiger partial charge in [0.25, 0.3) is 0 Å². The van der Waals surface area contributed by atoms with Gasteiger partial charge in [-0.1, -0.05) is 0 Å². The van der Waals surface area contributed by atoms with Crippen molar-refractivity contribution < 1.29 is 19.4 Å². The molecule has 0 aromatic carbocycles. The third kappa shape index (κ3) is 8.54. The van der Waals surface area contributed by atoms with Gasteiger partial charge in [-0.2, -0.15) is 5.26 Å². The molecule has 0 radical (unpaired) electrons. The largest absolute Gasteiger partial charge is 0.480 e. The number of hydrogen-bond donors (Lipinski definition) is 2. The molecule has 0 aliphatic heterocycles. The Balaban J connectivity index is 3.94. The van der Waals surface area contributed by atoms with Crippen molar-refractivity contribution >= 4 is 23.6 Å². The number of hydrogen-bond acceptors (Lipinski definition) is 5. The van der Waals surface area contributed by atoms with E-state index in [1.165, 1.54) is 7.11 Å². The van der Waals surface area contributed by atoms with Crippen molar-refractivity contribution in [2.75, 3.05) is 25.2 Å². The van der Waals surface area contributed by atoms with E-state index in [1.54, 1.807) is 0 Å². The first-order valence-corrected chi connectivity index (χ1v) is 6.23. The monoisotopic (exact) mass is 260 g/mol. The lowest BCUT2D eigenvalue weighted by Crippen LogP contribution is -2.41. The van der Waals surface area contributed by atoms with Crippen LogP contribution in [-0.4, -0.2) is 48.2 Å². The van der Waals surface area contributed by atoms with Gasteiger partial charge in [-0.15, -0.1) is 11.8 Å². The molecule has 0 saturated heterocycles. The molecule has 2 N–H and O–H groups in total. The molecule has 1 amide bonds. The lowest BCUT2D eigenvalue weighted by atomic mass is 10.1. The second-order valence-electron chi connectivity index (χ2n) is 3.24. The average Bonchev–Trinajstić information content (AvgIpc) is 2.28. The van der Waals surface area contributed by atoms with Crippen LogP contribution in [0.25, 0.3) is 0 Å². The molecule has 17 heavy (non-hydrogen) atoms. The average molecular weight is 260 g/mol. The van der Waals surface area contributed by atoms with Crippen LogP contribution in [0, 0.1) is 11.3 Å². The zero-order chi connectivity index (χ0) is 13.1. The number of nitrogens with zero attached hydrogens (tertiary/aromatic N) is 1. The summed E-state index contributed by atoms with van der Waals surface area (Å²) in [4.78, 5) is 22.2. The number of carboxylic acid groups (broad SMARTS) is 1. The van der Waals surface area contributed by atoms with Crippen molar-refractivity contribution in [2.24, 2.45) is 0 Å². The number of rotatable bonds is 9. The number of carbonyl (C=O) groups is 2. The summed E-state index contributed by atoms with van der Waals surface area (Å²) in [5.74, 6) is -1.11. The lowest BCUT2D eigenvalue weighted by Gasteiger charge is -2.13. The van der Waals surface area contributed by atoms with Crippen molar-refractivity contribution in [2.45, 2.75) is 18.9 Å². The van der Waals surface area contributed by atoms with Crippen LogP contribution in [0.5, 0.6) is 0 Å². The fourth-order valence-corrected chi connectivity index (χ4v) is 1.58. The highest BCUT2D eigenvalue weighted by molar-refractivity contribution is 8.00. The van der Waals surface area contributed by atoms with Crippen molar-refractivity contribution in [3.63, 3.8) is 0 Å². The summed E-state index contributed by atoms with van der Waals surface area (Å²) in [6.45, 7) is 0.461. The van der Waals surface area contributed by atoms with Crippen LogP contribution in [-0.2, 0) is 14.3 Å². The Bertz CT molecular complexity index is 291. The minimum Gasteiger partial charge on any atom is -0.480 e. The summed E-state index contributed by atoms with van der Waals surface area (Å²) in [7, 11) is 1.53. The lowest BCUT2D eigenvalue weighted by molar-refractivity contribution is -0.141. The van der Waals surface area contributed by atoms with E-state index >= 15 is 0 Å². The number of nitriles is 1. The molecule has 6 nitrogen and oxygen atoms in total. The maximum Gasteiger partial charge on any atom is 0.326 e. The number of ether oxygens (including phenoxy) is 1. The number of aliphatic carboxylic acids is 1. The van der Waals surface area contributed by atoms with E-state index < -0.39 is 12.0 Å². The van der Waals surface area contributed by atoms with Gasteiger partial charge in [0.1, 0.15) is 6.04 Å². The fourth-order valence-electron chi connectivity index (χ4n) is 1.11. The van der Waals surface area contributed by atoms with E-state index in [0.717, 1.165) is 11.8 Å². The quantitative estimate of drug-likeness (QED) is 0.576. The van der Waals surface area contributed by atoms with E-state index in [1.807, 2.05) is 6.07 Å². The minimum atomic E-state index is -1.06. The molecule has 96 valence electrons. The topological polar surface area (TPSA) is 99.4 Å². The van der Waals surface area contributed by atoms with E-state index in [9.17, 15) is 9.59 Å². The van der Waals surface area contributed by atoms with Crippen LogP contribution in [0.2, 0.25) is 0 Å². The van der Waals surface area contributed by atoms with E-state index in [2.05, 4.69) is 5.32 Å². The SMILES string of the molecule is COCCCC(NC(=O)CSCC#N)C(=O)O. The first-order chi connectivity index (χ1) is 8.11. The highest BCUT2D eigenvalue weighted by Gasteiger charge is 2.18. The standard InChI is InChI=1S/C10H16N2O4S/c1-16-5-2-3-8(10(14)15)12-9(13)7-17-6-4-11/h8H,2-3,5-7H2,1H3,(H,12,13)(H,14,15). The van der Waals surface area contributed by atoms with E-state index in [0.29, 0.717) is 19.4 Å². The molecule has 0 spiro atoms. The Hall–Kier alpha value is -1.26. The van der Waals surface area contributed by atoms with E-state index in [-0.39, 0.29) is 17.4 Å². The molecule has 0 bridgehead atoms. The van der Waals surface area contributed by atoms with Gasteiger partial charge >= 0.3 is 5.97 Å². The molecule has 0 aromatic rings. The summed E-state index contributed by atoms with van der Waals surface area (Å²) >= 11 is 1.15. The molecular formula is C10H16N2O4S. The summed E-state index contributed by atoms with van der Waals surface area (Å²) < 4.78 is 4.81. The number of amides is 1. The minimum absolute atomic E-state index is 0.0988. The number of thioether (sulfide) groups is 1. The predicted molar refractivity (Wildman–Crippen MR) is 63.6 cm³/mol. The van der Waals surface area contributed by atoms with Crippen LogP contribution in [0.4, 0.5) is 0 Å². The van der Waals surface area contributed by atoms with Gasteiger partial charge in [0.2, 0.25) is 5.91 Å². The van der Waals surface area contributed by atoms with Gasteiger partial charge in [-0.05, 0) is 12.8 Å². The Morgan fingerprint density at radius 3 is 2.82 bits per heavy atom. The van der Waals surface area contributed by atoms with Gasteiger partial charge in [0.15, 0.2) is 0 Å². The van der Waals surface area contributed by atoms with Crippen molar-refractivity contribution in [3.05, 3.63) is 0 Å². The second-order valence-corrected chi connectivity index (χ2v) is 4.23. The highest BCUT2D eigenvalue weighted by Crippen LogP contribution is 2.01. The van der Waals surface area contributed by atoms with E-state index in [4.69, 9.17) is 15.1 Å². The smallest absolute Gasteiger partial charge is 0.326 e. The summed E-state index contributed by atoms with van der Waals surface area (Å²) in [5.41, 5.74) is 0. The third-order valence-electron chi connectivity index (χ3n) is 1.87. The first kappa shape index (κ1) is 15.7. The first-order valence-electron chi connectivity index (χ1n) is 5.07. The Morgan fingerprint density at radius 2 is 2.29 bits per heavy atom. The van der Waals surface area contributed by atoms with Gasteiger partial charge in [0, 0.05) is 13.7 Å². The second kappa shape index (κ2) is 9.93. The Labute approximate surface area is 104 Å². The highest BCUT2D eigenvalue weighted by atomic mass is 32.2. The molecule has 0 fully saturated rings. The van der Waals surface area contributed by atoms with Crippen LogP contribution in [0.15, 0.2) is 0 Å². The summed E-state index contributed by atoms with van der Waals surface area (Å²) in [6, 6.07) is 1.00. The zero-order valence-corrected chi connectivity index (χ0v) is 10.5. The molecule has 0 heterocycles. The molecule has 7 heteroatoms. The molecule has 0 rings (SSSR count). The number of nitrogens with one attached hydrogen (secondary N) is 1. The number of carbonyl (C=O) groups excluding carboxylic acids is 1. The maximum absolute atomic E-state index is 11.3. The Morgan fingerprint density at radius 1 is 1.59 bits per heavy atom. The number of methoxy groups -OCH3 is 1. The molecule has 1 atom stereocenters.